The maximum Gasteiger partial charge on any atom is 0.0831 e. The van der Waals surface area contributed by atoms with E-state index in [0.717, 1.165) is 22.8 Å². The summed E-state index contributed by atoms with van der Waals surface area (Å²) in [7, 11) is 0. The molecule has 0 spiro atoms. The maximum absolute atomic E-state index is 6.07. The third-order valence-corrected chi connectivity index (χ3v) is 4.79. The topological polar surface area (TPSA) is 15.6 Å². The van der Waals surface area contributed by atoms with E-state index in [4.69, 9.17) is 16.7 Å². The number of hydrazone groups is 1. The molecule has 0 aliphatic carbocycles. The Morgan fingerprint density at radius 3 is 2.40 bits per heavy atom. The average Bonchev–Trinajstić information content (AvgIpc) is 3.08. The molecule has 1 atom stereocenters. The molecule has 3 aromatic rings. The standard InChI is InChI=1S/C22H19ClN2/c1-16-6-5-7-18(14-16)21-15-22(17-10-12-19(23)13-11-17)25(24-21)20-8-3-2-4-9-20/h2-14,22H,15H2,1H3. The van der Waals surface area contributed by atoms with Gasteiger partial charge in [-0.1, -0.05) is 71.8 Å². The summed E-state index contributed by atoms with van der Waals surface area (Å²) in [6, 6.07) is 27.1. The van der Waals surface area contributed by atoms with Crippen molar-refractivity contribution in [3.8, 4) is 0 Å². The van der Waals surface area contributed by atoms with Gasteiger partial charge in [0.2, 0.25) is 0 Å². The number of halogens is 1. The van der Waals surface area contributed by atoms with Crippen molar-refractivity contribution in [3.05, 3.63) is 101 Å². The van der Waals surface area contributed by atoms with Crippen molar-refractivity contribution >= 4 is 23.0 Å². The van der Waals surface area contributed by atoms with Gasteiger partial charge in [0.1, 0.15) is 0 Å². The van der Waals surface area contributed by atoms with Crippen molar-refractivity contribution in [2.24, 2.45) is 5.10 Å². The van der Waals surface area contributed by atoms with E-state index in [-0.39, 0.29) is 6.04 Å². The molecule has 3 aromatic carbocycles. The van der Waals surface area contributed by atoms with Gasteiger partial charge in [-0.25, -0.2) is 0 Å². The van der Waals surface area contributed by atoms with E-state index in [0.29, 0.717) is 0 Å². The summed E-state index contributed by atoms with van der Waals surface area (Å²) < 4.78 is 0. The lowest BCUT2D eigenvalue weighted by Gasteiger charge is -2.24. The molecule has 124 valence electrons. The molecule has 0 amide bonds. The van der Waals surface area contributed by atoms with Crippen LogP contribution in [0.5, 0.6) is 0 Å². The molecule has 0 saturated heterocycles. The predicted octanol–water partition coefficient (Wildman–Crippen LogP) is 6.00. The molecule has 1 aliphatic rings. The number of hydrogen-bond acceptors (Lipinski definition) is 2. The van der Waals surface area contributed by atoms with Crippen LogP contribution in [-0.2, 0) is 0 Å². The van der Waals surface area contributed by atoms with Gasteiger partial charge >= 0.3 is 0 Å². The molecule has 1 unspecified atom stereocenters. The van der Waals surface area contributed by atoms with Crippen LogP contribution in [0, 0.1) is 6.92 Å². The number of anilines is 1. The summed E-state index contributed by atoms with van der Waals surface area (Å²) in [5, 5.41) is 7.85. The van der Waals surface area contributed by atoms with E-state index in [1.165, 1.54) is 16.7 Å². The highest BCUT2D eigenvalue weighted by Crippen LogP contribution is 2.36. The molecular weight excluding hydrogens is 328 g/mol. The van der Waals surface area contributed by atoms with Crippen LogP contribution in [-0.4, -0.2) is 5.71 Å². The summed E-state index contributed by atoms with van der Waals surface area (Å²) in [4.78, 5) is 0. The molecule has 3 heteroatoms. The summed E-state index contributed by atoms with van der Waals surface area (Å²) in [5.74, 6) is 0. The maximum atomic E-state index is 6.07. The molecule has 4 rings (SSSR count). The van der Waals surface area contributed by atoms with Crippen LogP contribution in [0.25, 0.3) is 0 Å². The molecule has 0 saturated carbocycles. The zero-order valence-corrected chi connectivity index (χ0v) is 14.8. The van der Waals surface area contributed by atoms with Crippen LogP contribution in [0.15, 0.2) is 84.0 Å². The highest BCUT2D eigenvalue weighted by atomic mass is 35.5. The zero-order chi connectivity index (χ0) is 17.2. The SMILES string of the molecule is Cc1cccc(C2=NN(c3ccccc3)C(c3ccc(Cl)cc3)C2)c1. The lowest BCUT2D eigenvalue weighted by molar-refractivity contribution is 0.709. The van der Waals surface area contributed by atoms with E-state index >= 15 is 0 Å². The molecular formula is C22H19ClN2. The van der Waals surface area contributed by atoms with Crippen molar-refractivity contribution in [3.63, 3.8) is 0 Å². The monoisotopic (exact) mass is 346 g/mol. The van der Waals surface area contributed by atoms with Gasteiger partial charge in [0.15, 0.2) is 0 Å². The first-order chi connectivity index (χ1) is 12.2. The van der Waals surface area contributed by atoms with Gasteiger partial charge in [-0.15, -0.1) is 0 Å². The number of rotatable bonds is 3. The van der Waals surface area contributed by atoms with E-state index < -0.39 is 0 Å². The van der Waals surface area contributed by atoms with Gasteiger partial charge in [-0.05, 0) is 42.3 Å². The van der Waals surface area contributed by atoms with E-state index in [1.807, 2.05) is 18.2 Å². The Morgan fingerprint density at radius 2 is 1.68 bits per heavy atom. The first kappa shape index (κ1) is 15.9. The Balaban J connectivity index is 1.75. The van der Waals surface area contributed by atoms with Gasteiger partial charge < -0.3 is 0 Å². The Bertz CT molecular complexity index is 901. The van der Waals surface area contributed by atoms with Crippen molar-refractivity contribution in [1.29, 1.82) is 0 Å². The second-order valence-corrected chi connectivity index (χ2v) is 6.80. The van der Waals surface area contributed by atoms with Gasteiger partial charge in [-0.2, -0.15) is 5.10 Å². The highest BCUT2D eigenvalue weighted by Gasteiger charge is 2.29. The van der Waals surface area contributed by atoms with Crippen LogP contribution < -0.4 is 5.01 Å². The Labute approximate surface area is 153 Å². The third-order valence-electron chi connectivity index (χ3n) is 4.54. The minimum atomic E-state index is 0.176. The number of para-hydroxylation sites is 1. The van der Waals surface area contributed by atoms with Crippen LogP contribution in [0.4, 0.5) is 5.69 Å². The summed E-state index contributed by atoms with van der Waals surface area (Å²) >= 11 is 6.07. The van der Waals surface area contributed by atoms with Crippen LogP contribution in [0.2, 0.25) is 5.02 Å². The Morgan fingerprint density at radius 1 is 0.920 bits per heavy atom. The molecule has 0 fully saturated rings. The normalized spacial score (nSPS) is 16.8. The first-order valence-electron chi connectivity index (χ1n) is 8.45. The molecule has 25 heavy (non-hydrogen) atoms. The van der Waals surface area contributed by atoms with E-state index in [1.54, 1.807) is 0 Å². The number of hydrogen-bond donors (Lipinski definition) is 0. The van der Waals surface area contributed by atoms with Crippen LogP contribution in [0.3, 0.4) is 0 Å². The first-order valence-corrected chi connectivity index (χ1v) is 8.83. The molecule has 2 nitrogen and oxygen atoms in total. The fraction of sp³-hybridized carbons (Fsp3) is 0.136. The minimum absolute atomic E-state index is 0.176. The van der Waals surface area contributed by atoms with Crippen molar-refractivity contribution < 1.29 is 0 Å². The second-order valence-electron chi connectivity index (χ2n) is 6.37. The summed E-state index contributed by atoms with van der Waals surface area (Å²) in [5.41, 5.74) is 5.89. The largest absolute Gasteiger partial charge is 0.257 e. The number of aryl methyl sites for hydroxylation is 1. The molecule has 0 radical (unpaired) electrons. The predicted molar refractivity (Wildman–Crippen MR) is 105 cm³/mol. The van der Waals surface area contributed by atoms with E-state index in [2.05, 4.69) is 72.6 Å². The molecule has 1 aliphatic heterocycles. The smallest absolute Gasteiger partial charge is 0.0831 e. The van der Waals surface area contributed by atoms with Crippen molar-refractivity contribution in [1.82, 2.24) is 0 Å². The lowest BCUT2D eigenvalue weighted by Crippen LogP contribution is -2.18. The lowest BCUT2D eigenvalue weighted by atomic mass is 9.97. The number of benzene rings is 3. The Kier molecular flexibility index (Phi) is 4.29. The average molecular weight is 347 g/mol. The van der Waals surface area contributed by atoms with Crippen molar-refractivity contribution in [2.75, 3.05) is 5.01 Å². The minimum Gasteiger partial charge on any atom is -0.257 e. The van der Waals surface area contributed by atoms with Crippen LogP contribution in [0.1, 0.15) is 29.2 Å². The fourth-order valence-corrected chi connectivity index (χ4v) is 3.40. The third kappa shape index (κ3) is 3.31. The summed E-state index contributed by atoms with van der Waals surface area (Å²) in [6.07, 6.45) is 0.875. The fourth-order valence-electron chi connectivity index (χ4n) is 3.27. The molecule has 0 bridgehead atoms. The molecule has 0 N–H and O–H groups in total. The van der Waals surface area contributed by atoms with Gasteiger partial charge in [0.05, 0.1) is 17.4 Å². The second kappa shape index (κ2) is 6.73. The Hall–Kier alpha value is -2.58. The van der Waals surface area contributed by atoms with E-state index in [9.17, 15) is 0 Å². The molecule has 0 aromatic heterocycles. The quantitative estimate of drug-likeness (QED) is 0.567. The van der Waals surface area contributed by atoms with Crippen LogP contribution >= 0.6 is 11.6 Å². The highest BCUT2D eigenvalue weighted by molar-refractivity contribution is 6.30. The van der Waals surface area contributed by atoms with Crippen molar-refractivity contribution in [2.45, 2.75) is 19.4 Å². The summed E-state index contributed by atoms with van der Waals surface area (Å²) in [6.45, 7) is 2.12. The van der Waals surface area contributed by atoms with Gasteiger partial charge in [0, 0.05) is 11.4 Å². The number of nitrogens with zero attached hydrogens (tertiary/aromatic N) is 2. The zero-order valence-electron chi connectivity index (χ0n) is 14.1. The molecule has 1 heterocycles. The van der Waals surface area contributed by atoms with Gasteiger partial charge in [0.25, 0.3) is 0 Å². The van der Waals surface area contributed by atoms with Gasteiger partial charge in [-0.3, -0.25) is 5.01 Å².